The molecule has 0 amide bonds. The molecule has 0 heterocycles. The van der Waals surface area contributed by atoms with Crippen molar-refractivity contribution in [2.24, 2.45) is 5.73 Å². The lowest BCUT2D eigenvalue weighted by Crippen LogP contribution is -2.18. The van der Waals surface area contributed by atoms with E-state index in [4.69, 9.17) is 16.7 Å². The molecule has 0 spiro atoms. The van der Waals surface area contributed by atoms with Gasteiger partial charge in [-0.15, -0.1) is 0 Å². The SMILES string of the molecule is C[C@H](N)Cc1cc(C#N)ccc1N. The first-order valence-corrected chi connectivity index (χ1v) is 4.17. The first-order chi connectivity index (χ1) is 6.13. The van der Waals surface area contributed by atoms with Crippen molar-refractivity contribution in [2.75, 3.05) is 5.73 Å². The Labute approximate surface area is 78.0 Å². The maximum absolute atomic E-state index is 8.66. The van der Waals surface area contributed by atoms with E-state index in [1.807, 2.05) is 6.92 Å². The summed E-state index contributed by atoms with van der Waals surface area (Å²) in [5.74, 6) is 0. The third kappa shape index (κ3) is 2.46. The van der Waals surface area contributed by atoms with Gasteiger partial charge >= 0.3 is 0 Å². The molecule has 13 heavy (non-hydrogen) atoms. The largest absolute Gasteiger partial charge is 0.399 e. The summed E-state index contributed by atoms with van der Waals surface area (Å²) in [6.07, 6.45) is 0.710. The van der Waals surface area contributed by atoms with Crippen LogP contribution >= 0.6 is 0 Å². The van der Waals surface area contributed by atoms with Crippen molar-refractivity contribution in [1.82, 2.24) is 0 Å². The minimum absolute atomic E-state index is 0.0660. The van der Waals surface area contributed by atoms with Crippen molar-refractivity contribution in [3.05, 3.63) is 29.3 Å². The number of nitriles is 1. The number of nitrogens with zero attached hydrogens (tertiary/aromatic N) is 1. The molecule has 3 nitrogen and oxygen atoms in total. The predicted molar refractivity (Wildman–Crippen MR) is 52.9 cm³/mol. The summed E-state index contributed by atoms with van der Waals surface area (Å²) in [7, 11) is 0. The van der Waals surface area contributed by atoms with Crippen LogP contribution in [0.1, 0.15) is 18.1 Å². The molecule has 0 fully saturated rings. The standard InChI is InChI=1S/C10H13N3/c1-7(12)4-9-5-8(6-11)2-3-10(9)13/h2-3,5,7H,4,12-13H2,1H3/t7-/m0/s1. The van der Waals surface area contributed by atoms with Crippen LogP contribution in [0.5, 0.6) is 0 Å². The number of nitrogens with two attached hydrogens (primary N) is 2. The Hall–Kier alpha value is -1.53. The maximum Gasteiger partial charge on any atom is 0.0991 e. The van der Waals surface area contributed by atoms with Crippen LogP contribution in [0, 0.1) is 11.3 Å². The molecule has 0 aromatic heterocycles. The van der Waals surface area contributed by atoms with Crippen LogP contribution in [0.3, 0.4) is 0 Å². The summed E-state index contributed by atoms with van der Waals surface area (Å²) < 4.78 is 0. The number of nitrogen functional groups attached to an aromatic ring is 1. The van der Waals surface area contributed by atoms with Gasteiger partial charge in [-0.25, -0.2) is 0 Å². The summed E-state index contributed by atoms with van der Waals surface area (Å²) in [5.41, 5.74) is 13.7. The van der Waals surface area contributed by atoms with Crippen molar-refractivity contribution in [1.29, 1.82) is 5.26 Å². The summed E-state index contributed by atoms with van der Waals surface area (Å²) in [4.78, 5) is 0. The normalized spacial score (nSPS) is 12.1. The molecule has 1 aromatic rings. The molecule has 0 unspecified atom stereocenters. The minimum Gasteiger partial charge on any atom is -0.399 e. The number of rotatable bonds is 2. The van der Waals surface area contributed by atoms with Gasteiger partial charge < -0.3 is 11.5 Å². The average molecular weight is 175 g/mol. The van der Waals surface area contributed by atoms with E-state index in [-0.39, 0.29) is 6.04 Å². The third-order valence-electron chi connectivity index (χ3n) is 1.81. The second-order valence-corrected chi connectivity index (χ2v) is 3.21. The first-order valence-electron chi connectivity index (χ1n) is 4.17. The molecule has 1 atom stereocenters. The maximum atomic E-state index is 8.66. The van der Waals surface area contributed by atoms with Gasteiger partial charge in [0, 0.05) is 11.7 Å². The van der Waals surface area contributed by atoms with Gasteiger partial charge in [-0.3, -0.25) is 0 Å². The van der Waals surface area contributed by atoms with Crippen LogP contribution in [-0.4, -0.2) is 6.04 Å². The van der Waals surface area contributed by atoms with Gasteiger partial charge in [-0.2, -0.15) is 5.26 Å². The van der Waals surface area contributed by atoms with E-state index >= 15 is 0 Å². The lowest BCUT2D eigenvalue weighted by Gasteiger charge is -2.08. The summed E-state index contributed by atoms with van der Waals surface area (Å²) >= 11 is 0. The molecule has 0 aliphatic heterocycles. The Kier molecular flexibility index (Phi) is 2.88. The first kappa shape index (κ1) is 9.56. The van der Waals surface area contributed by atoms with Crippen LogP contribution < -0.4 is 11.5 Å². The molecule has 0 saturated carbocycles. The summed E-state index contributed by atoms with van der Waals surface area (Å²) in [5, 5.41) is 8.66. The number of hydrogen-bond acceptors (Lipinski definition) is 3. The van der Waals surface area contributed by atoms with Gasteiger partial charge in [0.1, 0.15) is 0 Å². The molecule has 1 aromatic carbocycles. The Morgan fingerprint density at radius 1 is 1.54 bits per heavy atom. The van der Waals surface area contributed by atoms with E-state index in [1.165, 1.54) is 0 Å². The van der Waals surface area contributed by atoms with Gasteiger partial charge in [0.15, 0.2) is 0 Å². The van der Waals surface area contributed by atoms with Crippen LogP contribution in [0.4, 0.5) is 5.69 Å². The highest BCUT2D eigenvalue weighted by molar-refractivity contribution is 5.51. The minimum atomic E-state index is 0.0660. The predicted octanol–water partition coefficient (Wildman–Crippen LogP) is 1.03. The molecular weight excluding hydrogens is 162 g/mol. The Morgan fingerprint density at radius 3 is 2.77 bits per heavy atom. The van der Waals surface area contributed by atoms with Crippen LogP contribution in [0.2, 0.25) is 0 Å². The molecule has 4 N–H and O–H groups in total. The van der Waals surface area contributed by atoms with E-state index in [0.717, 1.165) is 5.56 Å². The van der Waals surface area contributed by atoms with E-state index in [1.54, 1.807) is 18.2 Å². The van der Waals surface area contributed by atoms with E-state index in [0.29, 0.717) is 17.7 Å². The fraction of sp³-hybridized carbons (Fsp3) is 0.300. The molecule has 0 saturated heterocycles. The Morgan fingerprint density at radius 2 is 2.23 bits per heavy atom. The van der Waals surface area contributed by atoms with Crippen molar-refractivity contribution in [2.45, 2.75) is 19.4 Å². The van der Waals surface area contributed by atoms with E-state index in [2.05, 4.69) is 6.07 Å². The zero-order valence-electron chi connectivity index (χ0n) is 7.62. The molecule has 0 bridgehead atoms. The topological polar surface area (TPSA) is 75.8 Å². The van der Waals surface area contributed by atoms with Crippen molar-refractivity contribution in [3.63, 3.8) is 0 Å². The molecular formula is C10H13N3. The molecule has 3 heteroatoms. The molecule has 0 aliphatic carbocycles. The summed E-state index contributed by atoms with van der Waals surface area (Å²) in [6.45, 7) is 1.92. The van der Waals surface area contributed by atoms with Crippen molar-refractivity contribution in [3.8, 4) is 6.07 Å². The Balaban J connectivity index is 2.99. The second kappa shape index (κ2) is 3.92. The fourth-order valence-electron chi connectivity index (χ4n) is 1.20. The fourth-order valence-corrected chi connectivity index (χ4v) is 1.20. The van der Waals surface area contributed by atoms with Crippen LogP contribution in [-0.2, 0) is 6.42 Å². The number of anilines is 1. The van der Waals surface area contributed by atoms with Gasteiger partial charge in [-0.05, 0) is 37.1 Å². The quantitative estimate of drug-likeness (QED) is 0.659. The van der Waals surface area contributed by atoms with Crippen molar-refractivity contribution >= 4 is 5.69 Å². The molecule has 0 aliphatic rings. The summed E-state index contributed by atoms with van der Waals surface area (Å²) in [6, 6.07) is 7.38. The van der Waals surface area contributed by atoms with E-state index < -0.39 is 0 Å². The lowest BCUT2D eigenvalue weighted by atomic mass is 10.0. The number of hydrogen-bond donors (Lipinski definition) is 2. The molecule has 0 radical (unpaired) electrons. The Bertz CT molecular complexity index is 337. The highest BCUT2D eigenvalue weighted by atomic mass is 14.6. The van der Waals surface area contributed by atoms with Gasteiger partial charge in [0.2, 0.25) is 0 Å². The van der Waals surface area contributed by atoms with Gasteiger partial charge in [0.25, 0.3) is 0 Å². The third-order valence-corrected chi connectivity index (χ3v) is 1.81. The van der Waals surface area contributed by atoms with Crippen molar-refractivity contribution < 1.29 is 0 Å². The number of benzene rings is 1. The van der Waals surface area contributed by atoms with E-state index in [9.17, 15) is 0 Å². The monoisotopic (exact) mass is 175 g/mol. The smallest absolute Gasteiger partial charge is 0.0991 e. The molecule has 68 valence electrons. The lowest BCUT2D eigenvalue weighted by molar-refractivity contribution is 0.739. The van der Waals surface area contributed by atoms with Crippen LogP contribution in [0.25, 0.3) is 0 Å². The van der Waals surface area contributed by atoms with Gasteiger partial charge in [0.05, 0.1) is 11.6 Å². The highest BCUT2D eigenvalue weighted by Gasteiger charge is 2.03. The molecule has 1 rings (SSSR count). The van der Waals surface area contributed by atoms with Gasteiger partial charge in [-0.1, -0.05) is 0 Å². The van der Waals surface area contributed by atoms with Crippen LogP contribution in [0.15, 0.2) is 18.2 Å². The second-order valence-electron chi connectivity index (χ2n) is 3.21. The zero-order chi connectivity index (χ0) is 9.84. The zero-order valence-corrected chi connectivity index (χ0v) is 7.62. The highest BCUT2D eigenvalue weighted by Crippen LogP contribution is 2.15. The average Bonchev–Trinajstić information content (AvgIpc) is 2.08.